The van der Waals surface area contributed by atoms with Crippen LogP contribution in [0.1, 0.15) is 255 Å². The van der Waals surface area contributed by atoms with Crippen LogP contribution >= 0.6 is 0 Å². The van der Waals surface area contributed by atoms with E-state index in [0.717, 1.165) is 89.0 Å². The molecule has 102 heavy (non-hydrogen) atoms. The summed E-state index contributed by atoms with van der Waals surface area (Å²) in [6.07, 6.45) is 0. The molecule has 0 saturated heterocycles. The normalized spacial score (nSPS) is 11.4. The molecule has 0 spiro atoms. The fourth-order valence-electron chi connectivity index (χ4n) is 16.2. The van der Waals surface area contributed by atoms with Crippen molar-refractivity contribution >= 4 is 32.3 Å². The fraction of sp³-hybridized carbons (Fsp3) is 0.367. The van der Waals surface area contributed by atoms with Gasteiger partial charge in [0, 0.05) is 89.0 Å². The molecule has 0 aliphatic heterocycles. The molecule has 0 fully saturated rings. The standard InChI is InChI=1S/C98H110Si4/c1-71(2)99(72(3)4,73(5)6)65-61-89-37-29-83(30-38-89)45-47-93-53-57-95(55-49-85-33-41-91(42-34-85)63-67-101(77(13)14,78(15)16)79(17)18)97(69-93)59-51-87-25-27-88(28-26-87)52-60-98-70-94(48-46-84-31-39-90(40-32-84)62-66-100(74(7)8,75(9)10)76(11)12)54-58-96(98)56-50-86-35-43-92(44-36-86)64-68-102(80(19)20,81(21)22)82(23)24/h25-44,53-54,57-58,69-82H,1-24H3. The SMILES string of the molecule is CC(C)[Si](C#Cc1ccc(C#Cc2ccc(C#Cc3ccc(C#C[Si](C(C)C)(C(C)C)C(C)C)cc3)c(C#Cc3ccc(C#Cc4cc(C#Cc5ccc(C#C[Si](C(C)C)(C(C)C)C(C)C)cc5)ccc4C#Cc4ccc(C#C[Si](C(C)C)(C(C)C)C(C)C)cc4)cc3)c2)cc1)(C(C)C)C(C)C. The van der Waals surface area contributed by atoms with Gasteiger partial charge in [0.2, 0.25) is 0 Å². The van der Waals surface area contributed by atoms with E-state index in [0.29, 0.717) is 66.5 Å². The Hall–Kier alpha value is -8.99. The molecule has 0 amide bonds. The van der Waals surface area contributed by atoms with Crippen LogP contribution in [0.25, 0.3) is 0 Å². The highest BCUT2D eigenvalue weighted by Gasteiger charge is 2.44. The summed E-state index contributed by atoms with van der Waals surface area (Å²) in [5.74, 6) is 55.9. The van der Waals surface area contributed by atoms with Gasteiger partial charge in [0.05, 0.1) is 0 Å². The molecule has 0 aromatic heterocycles. The van der Waals surface area contributed by atoms with Crippen LogP contribution in [0.4, 0.5) is 0 Å². The van der Waals surface area contributed by atoms with E-state index in [1.165, 1.54) is 0 Å². The molecule has 0 unspecified atom stereocenters. The van der Waals surface area contributed by atoms with E-state index >= 15 is 0 Å². The van der Waals surface area contributed by atoms with Crippen molar-refractivity contribution in [1.29, 1.82) is 0 Å². The first-order valence-corrected chi connectivity index (χ1v) is 46.3. The Morgan fingerprint density at radius 2 is 0.275 bits per heavy atom. The van der Waals surface area contributed by atoms with Gasteiger partial charge in [-0.15, -0.1) is 22.2 Å². The van der Waals surface area contributed by atoms with Crippen LogP contribution in [0.5, 0.6) is 0 Å². The zero-order valence-corrected chi connectivity index (χ0v) is 69.9. The van der Waals surface area contributed by atoms with Crippen molar-refractivity contribution < 1.29 is 0 Å². The Labute approximate surface area is 624 Å². The molecular weight excluding hydrogens is 1290 g/mol. The Bertz CT molecular complexity index is 4350. The summed E-state index contributed by atoms with van der Waals surface area (Å²) in [7, 11) is -7.47. The van der Waals surface area contributed by atoms with Crippen molar-refractivity contribution in [2.75, 3.05) is 0 Å². The number of hydrogen-bond donors (Lipinski definition) is 0. The van der Waals surface area contributed by atoms with E-state index in [-0.39, 0.29) is 0 Å². The highest BCUT2D eigenvalue weighted by molar-refractivity contribution is 6.92. The highest BCUT2D eigenvalue weighted by atomic mass is 28.3. The van der Waals surface area contributed by atoms with Crippen molar-refractivity contribution in [2.45, 2.75) is 233 Å². The van der Waals surface area contributed by atoms with Crippen LogP contribution in [0.2, 0.25) is 66.5 Å². The second kappa shape index (κ2) is 36.2. The molecular formula is C98H110Si4. The predicted octanol–water partition coefficient (Wildman–Crippen LogP) is 24.4. The number of rotatable bonds is 12. The molecule has 4 heteroatoms. The lowest BCUT2D eigenvalue weighted by Crippen LogP contribution is -2.43. The smallest absolute Gasteiger partial charge is 0.125 e. The Balaban J connectivity index is 1.23. The van der Waals surface area contributed by atoms with Crippen molar-refractivity contribution in [3.63, 3.8) is 0 Å². The van der Waals surface area contributed by atoms with Gasteiger partial charge in [-0.25, -0.2) is 0 Å². The summed E-state index contributed by atoms with van der Waals surface area (Å²) < 4.78 is 0. The van der Waals surface area contributed by atoms with Crippen LogP contribution in [-0.2, 0) is 0 Å². The molecule has 7 rings (SSSR count). The zero-order valence-electron chi connectivity index (χ0n) is 65.9. The predicted molar refractivity (Wildman–Crippen MR) is 453 cm³/mol. The van der Waals surface area contributed by atoms with E-state index in [1.54, 1.807) is 0 Å². The molecule has 0 nitrogen and oxygen atoms in total. The van der Waals surface area contributed by atoms with Gasteiger partial charge in [-0.1, -0.05) is 261 Å². The summed E-state index contributed by atoms with van der Waals surface area (Å²) in [5.41, 5.74) is 36.7. The third kappa shape index (κ3) is 19.8. The van der Waals surface area contributed by atoms with Gasteiger partial charge in [-0.3, -0.25) is 0 Å². The number of hydrogen-bond acceptors (Lipinski definition) is 0. The lowest BCUT2D eigenvalue weighted by atomic mass is 10.0. The first-order chi connectivity index (χ1) is 48.4. The van der Waals surface area contributed by atoms with E-state index < -0.39 is 32.3 Å². The fourth-order valence-corrected chi connectivity index (χ4v) is 37.1. The van der Waals surface area contributed by atoms with Gasteiger partial charge >= 0.3 is 0 Å². The van der Waals surface area contributed by atoms with Crippen molar-refractivity contribution in [3.05, 3.63) is 247 Å². The second-order valence-electron chi connectivity index (χ2n) is 31.5. The lowest BCUT2D eigenvalue weighted by molar-refractivity contribution is 0.838. The Morgan fingerprint density at radius 1 is 0.147 bits per heavy atom. The molecule has 7 aromatic rings. The molecule has 518 valence electrons. The molecule has 0 N–H and O–H groups in total. The number of benzene rings is 7. The summed E-state index contributed by atoms with van der Waals surface area (Å²) in [5, 5.41) is 0. The molecule has 0 bridgehead atoms. The van der Waals surface area contributed by atoms with E-state index in [4.69, 9.17) is 0 Å². The Morgan fingerprint density at radius 3 is 0.441 bits per heavy atom. The lowest BCUT2D eigenvalue weighted by Gasteiger charge is -2.38. The third-order valence-electron chi connectivity index (χ3n) is 21.7. The molecule has 0 atom stereocenters. The molecule has 0 saturated carbocycles. The first kappa shape index (κ1) is 80.3. The highest BCUT2D eigenvalue weighted by Crippen LogP contribution is 2.44. The van der Waals surface area contributed by atoms with Gasteiger partial charge < -0.3 is 0 Å². The van der Waals surface area contributed by atoms with Gasteiger partial charge in [0.1, 0.15) is 32.3 Å². The van der Waals surface area contributed by atoms with Gasteiger partial charge in [-0.05, 0) is 224 Å². The quantitative estimate of drug-likeness (QED) is 0.0845. The summed E-state index contributed by atoms with van der Waals surface area (Å²) in [6.45, 7) is 56.5. The van der Waals surface area contributed by atoms with Crippen LogP contribution in [0, 0.1) is 117 Å². The van der Waals surface area contributed by atoms with Crippen LogP contribution in [-0.4, -0.2) is 32.3 Å². The first-order valence-electron chi connectivity index (χ1n) is 37.4. The topological polar surface area (TPSA) is 0 Å². The minimum absolute atomic E-state index is 0.567. The largest absolute Gasteiger partial charge is 0.146 e. The molecule has 0 radical (unpaired) electrons. The third-order valence-corrected chi connectivity index (χ3v) is 46.8. The molecule has 0 aliphatic rings. The summed E-state index contributed by atoms with van der Waals surface area (Å²) >= 11 is 0. The molecule has 0 heterocycles. The van der Waals surface area contributed by atoms with Crippen molar-refractivity contribution in [3.8, 4) is 117 Å². The van der Waals surface area contributed by atoms with E-state index in [9.17, 15) is 0 Å². The Kier molecular flexibility index (Phi) is 28.5. The molecule has 0 aliphatic carbocycles. The van der Waals surface area contributed by atoms with E-state index in [2.05, 4.69) is 392 Å². The van der Waals surface area contributed by atoms with E-state index in [1.807, 2.05) is 48.5 Å². The average molecular weight is 1400 g/mol. The maximum Gasteiger partial charge on any atom is 0.146 e. The maximum absolute atomic E-state index is 3.87. The minimum atomic E-state index is -1.88. The van der Waals surface area contributed by atoms with Gasteiger partial charge in [-0.2, -0.15) is 0 Å². The van der Waals surface area contributed by atoms with Gasteiger partial charge in [0.25, 0.3) is 0 Å². The van der Waals surface area contributed by atoms with Crippen molar-refractivity contribution in [2.24, 2.45) is 0 Å². The summed E-state index contributed by atoms with van der Waals surface area (Å²) in [6, 6.07) is 53.8. The van der Waals surface area contributed by atoms with Crippen LogP contribution < -0.4 is 0 Å². The zero-order chi connectivity index (χ0) is 74.7. The van der Waals surface area contributed by atoms with Gasteiger partial charge in [0.15, 0.2) is 0 Å². The minimum Gasteiger partial charge on any atom is -0.125 e. The monoisotopic (exact) mass is 1400 g/mol. The molecule has 7 aromatic carbocycles. The maximum atomic E-state index is 3.87. The second-order valence-corrected chi connectivity index (χ2v) is 53.8. The summed E-state index contributed by atoms with van der Waals surface area (Å²) in [4.78, 5) is 0. The van der Waals surface area contributed by atoms with Crippen molar-refractivity contribution in [1.82, 2.24) is 0 Å². The van der Waals surface area contributed by atoms with Crippen LogP contribution in [0.3, 0.4) is 0 Å². The van der Waals surface area contributed by atoms with Crippen LogP contribution in [0.15, 0.2) is 158 Å². The average Bonchev–Trinajstić information content (AvgIpc) is 0.818.